The van der Waals surface area contributed by atoms with Crippen LogP contribution in [-0.2, 0) is 28.6 Å². The Morgan fingerprint density at radius 2 is 1.68 bits per heavy atom. The van der Waals surface area contributed by atoms with Crippen molar-refractivity contribution in [3.63, 3.8) is 0 Å². The fraction of sp³-hybridized carbons (Fsp3) is 0.824. The SMILES string of the molecule is CCCC(=O)COCCNC(=O)CNC(=O)CCOCCOC(C)C.[HH].[HH]. The highest BCUT2D eigenvalue weighted by atomic mass is 16.5. The zero-order valence-corrected chi connectivity index (χ0v) is 15.6. The molecule has 0 atom stereocenters. The maximum Gasteiger partial charge on any atom is 0.239 e. The van der Waals surface area contributed by atoms with Crippen molar-refractivity contribution < 1.29 is 31.4 Å². The molecule has 0 aromatic carbocycles. The van der Waals surface area contributed by atoms with Gasteiger partial charge in [-0.05, 0) is 20.3 Å². The average molecular weight is 364 g/mol. The van der Waals surface area contributed by atoms with Crippen LogP contribution in [0.3, 0.4) is 0 Å². The van der Waals surface area contributed by atoms with Gasteiger partial charge in [-0.1, -0.05) is 6.92 Å². The predicted octanol–water partition coefficient (Wildman–Crippen LogP) is 0.928. The molecule has 0 spiro atoms. The monoisotopic (exact) mass is 364 g/mol. The molecule has 2 amide bonds. The first kappa shape index (κ1) is 23.5. The minimum Gasteiger partial charge on any atom is -0.379 e. The van der Waals surface area contributed by atoms with Crippen LogP contribution in [0.15, 0.2) is 0 Å². The van der Waals surface area contributed by atoms with Crippen LogP contribution >= 0.6 is 0 Å². The fourth-order valence-electron chi connectivity index (χ4n) is 1.74. The molecule has 8 nitrogen and oxygen atoms in total. The molecule has 0 bridgehead atoms. The number of carbonyl (C=O) groups is 3. The fourth-order valence-corrected chi connectivity index (χ4v) is 1.74. The standard InChI is InChI=1S/C17H32N2O6.2H2/c1-4-5-15(20)13-24-9-7-18-17(22)12-19-16(21)6-8-23-10-11-25-14(2)3;;/h14H,4-13H2,1-3H3,(H,18,22)(H,19,21);2*1H. The van der Waals surface area contributed by atoms with E-state index in [9.17, 15) is 14.4 Å². The van der Waals surface area contributed by atoms with Crippen LogP contribution in [-0.4, -0.2) is 69.8 Å². The van der Waals surface area contributed by atoms with E-state index >= 15 is 0 Å². The van der Waals surface area contributed by atoms with Crippen molar-refractivity contribution in [1.82, 2.24) is 10.6 Å². The Morgan fingerprint density at radius 1 is 0.920 bits per heavy atom. The Morgan fingerprint density at radius 3 is 2.36 bits per heavy atom. The number of nitrogens with one attached hydrogen (secondary N) is 2. The van der Waals surface area contributed by atoms with E-state index in [1.54, 1.807) is 0 Å². The number of rotatable bonds is 16. The quantitative estimate of drug-likeness (QED) is 0.395. The van der Waals surface area contributed by atoms with Crippen LogP contribution in [0.2, 0.25) is 0 Å². The number of ketones is 1. The van der Waals surface area contributed by atoms with Crippen LogP contribution in [0.25, 0.3) is 0 Å². The summed E-state index contributed by atoms with van der Waals surface area (Å²) in [5, 5.41) is 5.11. The molecule has 0 aromatic rings. The highest BCUT2D eigenvalue weighted by molar-refractivity contribution is 5.84. The van der Waals surface area contributed by atoms with Gasteiger partial charge in [0.05, 0.1) is 39.1 Å². The first-order chi connectivity index (χ1) is 12.0. The summed E-state index contributed by atoms with van der Waals surface area (Å²) in [4.78, 5) is 34.3. The molecule has 0 fully saturated rings. The van der Waals surface area contributed by atoms with Gasteiger partial charge in [-0.15, -0.1) is 0 Å². The van der Waals surface area contributed by atoms with Crippen LogP contribution in [0.4, 0.5) is 0 Å². The second-order valence-corrected chi connectivity index (χ2v) is 5.75. The smallest absolute Gasteiger partial charge is 0.239 e. The topological polar surface area (TPSA) is 103 Å². The van der Waals surface area contributed by atoms with Crippen molar-refractivity contribution in [3.8, 4) is 0 Å². The van der Waals surface area contributed by atoms with E-state index in [1.807, 2.05) is 20.8 Å². The van der Waals surface area contributed by atoms with E-state index in [1.165, 1.54) is 0 Å². The van der Waals surface area contributed by atoms with Crippen molar-refractivity contribution in [2.24, 2.45) is 0 Å². The Hall–Kier alpha value is -1.51. The van der Waals surface area contributed by atoms with Gasteiger partial charge in [0.2, 0.25) is 11.8 Å². The first-order valence-electron chi connectivity index (χ1n) is 8.77. The Balaban J connectivity index is -0.00000288. The normalized spacial score (nSPS) is 10.7. The summed E-state index contributed by atoms with van der Waals surface area (Å²) >= 11 is 0. The van der Waals surface area contributed by atoms with Crippen molar-refractivity contribution in [3.05, 3.63) is 0 Å². The lowest BCUT2D eigenvalue weighted by molar-refractivity contribution is -0.127. The minimum absolute atomic E-state index is 0. The Labute approximate surface area is 152 Å². The van der Waals surface area contributed by atoms with Crippen LogP contribution in [0.5, 0.6) is 0 Å². The highest BCUT2D eigenvalue weighted by Crippen LogP contribution is 1.90. The summed E-state index contributed by atoms with van der Waals surface area (Å²) in [7, 11) is 0. The first-order valence-corrected chi connectivity index (χ1v) is 8.77. The summed E-state index contributed by atoms with van der Waals surface area (Å²) in [5.74, 6) is -0.497. The average Bonchev–Trinajstić information content (AvgIpc) is 2.55. The van der Waals surface area contributed by atoms with E-state index in [-0.39, 0.29) is 59.3 Å². The maximum atomic E-state index is 11.5. The summed E-state index contributed by atoms with van der Waals surface area (Å²) < 4.78 is 15.7. The molecule has 150 valence electrons. The third kappa shape index (κ3) is 17.1. The molecule has 25 heavy (non-hydrogen) atoms. The second-order valence-electron chi connectivity index (χ2n) is 5.75. The predicted molar refractivity (Wildman–Crippen MR) is 97.5 cm³/mol. The molecule has 0 aliphatic rings. The molecule has 0 heterocycles. The summed E-state index contributed by atoms with van der Waals surface area (Å²) in [6, 6.07) is 0. The van der Waals surface area contributed by atoms with Crippen LogP contribution in [0.1, 0.15) is 42.9 Å². The number of Topliss-reactive ketones (excluding diaryl/α,β-unsaturated/α-hetero) is 1. The molecule has 2 N–H and O–H groups in total. The lowest BCUT2D eigenvalue weighted by Gasteiger charge is -2.09. The van der Waals surface area contributed by atoms with Crippen molar-refractivity contribution in [2.75, 3.05) is 46.1 Å². The number of carbonyl (C=O) groups excluding carboxylic acids is 3. The molecule has 0 saturated carbocycles. The number of ether oxygens (including phenoxy) is 3. The molecule has 0 aromatic heterocycles. The van der Waals surface area contributed by atoms with Gasteiger partial charge >= 0.3 is 0 Å². The molecular weight excluding hydrogens is 328 g/mol. The summed E-state index contributed by atoms with van der Waals surface area (Å²) in [5.41, 5.74) is 0. The number of amides is 2. The molecule has 0 radical (unpaired) electrons. The van der Waals surface area contributed by atoms with Gasteiger partial charge in [-0.25, -0.2) is 0 Å². The van der Waals surface area contributed by atoms with Gasteiger partial charge in [0.15, 0.2) is 5.78 Å². The second kappa shape index (κ2) is 16.0. The van der Waals surface area contributed by atoms with Crippen molar-refractivity contribution >= 4 is 17.6 Å². The highest BCUT2D eigenvalue weighted by Gasteiger charge is 2.06. The van der Waals surface area contributed by atoms with E-state index < -0.39 is 0 Å². The zero-order chi connectivity index (χ0) is 18.9. The van der Waals surface area contributed by atoms with Crippen LogP contribution < -0.4 is 10.6 Å². The van der Waals surface area contributed by atoms with Gasteiger partial charge in [-0.3, -0.25) is 14.4 Å². The molecule has 0 aliphatic carbocycles. The Bertz CT molecular complexity index is 398. The molecule has 0 saturated heterocycles. The van der Waals surface area contributed by atoms with Crippen molar-refractivity contribution in [2.45, 2.75) is 46.1 Å². The molecule has 0 rings (SSSR count). The third-order valence-electron chi connectivity index (χ3n) is 2.96. The molecule has 0 unspecified atom stereocenters. The summed E-state index contributed by atoms with van der Waals surface area (Å²) in [6.45, 7) is 7.57. The van der Waals surface area contributed by atoms with Gasteiger partial charge in [0.1, 0.15) is 6.61 Å². The lowest BCUT2D eigenvalue weighted by Crippen LogP contribution is -2.38. The Kier molecular flexibility index (Phi) is 15.0. The molecule has 8 heteroatoms. The van der Waals surface area contributed by atoms with E-state index in [4.69, 9.17) is 14.2 Å². The van der Waals surface area contributed by atoms with Gasteiger partial charge in [-0.2, -0.15) is 0 Å². The van der Waals surface area contributed by atoms with Gasteiger partial charge in [0, 0.05) is 22.2 Å². The molecule has 0 aliphatic heterocycles. The largest absolute Gasteiger partial charge is 0.379 e. The minimum atomic E-state index is -0.303. The van der Waals surface area contributed by atoms with Gasteiger partial charge in [0.25, 0.3) is 0 Å². The molecular formula is C17H36N2O6. The zero-order valence-electron chi connectivity index (χ0n) is 15.6. The van der Waals surface area contributed by atoms with E-state index in [2.05, 4.69) is 10.6 Å². The van der Waals surface area contributed by atoms with Crippen LogP contribution in [0, 0.1) is 0 Å². The van der Waals surface area contributed by atoms with Crippen molar-refractivity contribution in [1.29, 1.82) is 0 Å². The number of hydrogen-bond donors (Lipinski definition) is 2. The maximum absolute atomic E-state index is 11.5. The summed E-state index contributed by atoms with van der Waals surface area (Å²) in [6.07, 6.45) is 1.66. The lowest BCUT2D eigenvalue weighted by atomic mass is 10.2. The van der Waals surface area contributed by atoms with E-state index in [0.717, 1.165) is 6.42 Å². The van der Waals surface area contributed by atoms with E-state index in [0.29, 0.717) is 26.2 Å². The third-order valence-corrected chi connectivity index (χ3v) is 2.96. The van der Waals surface area contributed by atoms with Gasteiger partial charge < -0.3 is 24.8 Å². The number of hydrogen-bond acceptors (Lipinski definition) is 6.